The van der Waals surface area contributed by atoms with Gasteiger partial charge in [-0.15, -0.1) is 35.4 Å². The molecule has 3 nitrogen and oxygen atoms in total. The smallest absolute Gasteiger partial charge is 0.164 e. The quantitative estimate of drug-likeness (QED) is 0.186. The van der Waals surface area contributed by atoms with Crippen LogP contribution < -0.4 is 0 Å². The van der Waals surface area contributed by atoms with Gasteiger partial charge in [0.1, 0.15) is 5.76 Å². The number of hydrogen-bond acceptors (Lipinski definition) is 3. The largest absolute Gasteiger partial charge is 0.512 e. The van der Waals surface area contributed by atoms with Crippen LogP contribution in [0.3, 0.4) is 0 Å². The van der Waals surface area contributed by atoms with Gasteiger partial charge in [-0.1, -0.05) is 84.0 Å². The minimum atomic E-state index is -0.417. The standard InChI is InChI=1S/C18H14N.C11H20O2.Ir/c1-14-10-11-18(19-13-14)17-9-5-8-16(12-17)15-6-3-2-4-7-15;1-10(2,3)8(12)7-9(13)11(4,5)6;/h2-8,10-13H,1H3;7,12H,1-6H3;/q-1;;/b;8-7-;. The molecule has 0 amide bonds. The monoisotopic (exact) mass is 621 g/mol. The van der Waals surface area contributed by atoms with E-state index in [0.717, 1.165) is 11.3 Å². The van der Waals surface area contributed by atoms with Crippen LogP contribution in [-0.2, 0) is 24.9 Å². The van der Waals surface area contributed by atoms with Gasteiger partial charge in [0.25, 0.3) is 0 Å². The molecule has 0 aliphatic heterocycles. The molecule has 0 aliphatic rings. The van der Waals surface area contributed by atoms with E-state index in [0.29, 0.717) is 0 Å². The molecule has 33 heavy (non-hydrogen) atoms. The molecular formula is C29H34IrNO2-. The molecule has 1 heterocycles. The molecule has 0 bridgehead atoms. The van der Waals surface area contributed by atoms with Crippen LogP contribution >= 0.6 is 0 Å². The van der Waals surface area contributed by atoms with Crippen molar-refractivity contribution in [1.82, 2.24) is 4.98 Å². The van der Waals surface area contributed by atoms with E-state index in [1.165, 1.54) is 22.8 Å². The molecule has 0 aliphatic carbocycles. The van der Waals surface area contributed by atoms with Crippen LogP contribution in [0, 0.1) is 23.8 Å². The molecule has 4 heteroatoms. The molecule has 0 saturated heterocycles. The summed E-state index contributed by atoms with van der Waals surface area (Å²) < 4.78 is 0. The van der Waals surface area contributed by atoms with Crippen molar-refractivity contribution in [2.75, 3.05) is 0 Å². The second-order valence-electron chi connectivity index (χ2n) is 9.97. The first kappa shape index (κ1) is 28.5. The molecule has 177 valence electrons. The number of allylic oxidation sites excluding steroid dienone is 2. The molecule has 3 aromatic rings. The number of aliphatic hydroxyl groups excluding tert-OH is 1. The molecule has 0 saturated carbocycles. The van der Waals surface area contributed by atoms with Gasteiger partial charge in [0, 0.05) is 43.2 Å². The van der Waals surface area contributed by atoms with Gasteiger partial charge in [0.15, 0.2) is 5.78 Å². The van der Waals surface area contributed by atoms with Gasteiger partial charge >= 0.3 is 0 Å². The molecule has 1 N–H and O–H groups in total. The van der Waals surface area contributed by atoms with Crippen molar-refractivity contribution < 1.29 is 30.0 Å². The zero-order chi connectivity index (χ0) is 23.9. The first-order chi connectivity index (χ1) is 14.9. The summed E-state index contributed by atoms with van der Waals surface area (Å²) in [6, 6.07) is 23.9. The second kappa shape index (κ2) is 12.1. The van der Waals surface area contributed by atoms with Crippen molar-refractivity contribution >= 4 is 5.78 Å². The molecule has 0 spiro atoms. The number of nitrogens with zero attached hydrogens (tertiary/aromatic N) is 1. The summed E-state index contributed by atoms with van der Waals surface area (Å²) in [6.07, 6.45) is 3.22. The first-order valence-electron chi connectivity index (χ1n) is 10.8. The predicted octanol–water partition coefficient (Wildman–Crippen LogP) is 7.61. The Bertz CT molecular complexity index is 1060. The van der Waals surface area contributed by atoms with E-state index < -0.39 is 5.41 Å². The van der Waals surface area contributed by atoms with Crippen LogP contribution in [0.2, 0.25) is 0 Å². The molecule has 0 fully saturated rings. The Labute approximate surface area is 212 Å². The maximum absolute atomic E-state index is 11.5. The Morgan fingerprint density at radius 2 is 1.55 bits per heavy atom. The molecule has 1 aromatic heterocycles. The van der Waals surface area contributed by atoms with Crippen LogP contribution in [0.1, 0.15) is 47.1 Å². The van der Waals surface area contributed by atoms with Gasteiger partial charge < -0.3 is 10.1 Å². The number of pyridine rings is 1. The first-order valence-corrected chi connectivity index (χ1v) is 10.8. The molecular weight excluding hydrogens is 587 g/mol. The van der Waals surface area contributed by atoms with Gasteiger partial charge in [-0.25, -0.2) is 0 Å². The fraction of sp³-hybridized carbons (Fsp3) is 0.310. The topological polar surface area (TPSA) is 50.2 Å². The van der Waals surface area contributed by atoms with Crippen LogP contribution in [0.15, 0.2) is 78.7 Å². The maximum atomic E-state index is 11.5. The molecule has 1 radical (unpaired) electrons. The van der Waals surface area contributed by atoms with E-state index in [-0.39, 0.29) is 37.1 Å². The second-order valence-corrected chi connectivity index (χ2v) is 9.97. The summed E-state index contributed by atoms with van der Waals surface area (Å²) in [4.78, 5) is 15.9. The summed E-state index contributed by atoms with van der Waals surface area (Å²) in [5, 5.41) is 9.56. The average Bonchev–Trinajstić information content (AvgIpc) is 2.74. The fourth-order valence-corrected chi connectivity index (χ4v) is 2.61. The number of aliphatic hydroxyl groups is 1. The van der Waals surface area contributed by atoms with Crippen molar-refractivity contribution in [2.24, 2.45) is 10.8 Å². The molecule has 2 aromatic carbocycles. The Morgan fingerprint density at radius 1 is 0.909 bits per heavy atom. The van der Waals surface area contributed by atoms with E-state index in [1.54, 1.807) is 0 Å². The van der Waals surface area contributed by atoms with Gasteiger partial charge in [-0.05, 0) is 23.7 Å². The minimum absolute atomic E-state index is 0. The van der Waals surface area contributed by atoms with E-state index in [9.17, 15) is 9.90 Å². The van der Waals surface area contributed by atoms with Crippen LogP contribution in [-0.4, -0.2) is 15.9 Å². The van der Waals surface area contributed by atoms with Gasteiger partial charge in [-0.3, -0.25) is 4.79 Å². The van der Waals surface area contributed by atoms with Gasteiger partial charge in [0.05, 0.1) is 0 Å². The van der Waals surface area contributed by atoms with Crippen LogP contribution in [0.5, 0.6) is 0 Å². The average molecular weight is 621 g/mol. The van der Waals surface area contributed by atoms with Crippen molar-refractivity contribution in [1.29, 1.82) is 0 Å². The third-order valence-electron chi connectivity index (χ3n) is 4.87. The third kappa shape index (κ3) is 9.07. The molecule has 3 rings (SSSR count). The van der Waals surface area contributed by atoms with Crippen molar-refractivity contribution in [3.63, 3.8) is 0 Å². The van der Waals surface area contributed by atoms with Crippen molar-refractivity contribution in [3.8, 4) is 22.4 Å². The zero-order valence-corrected chi connectivity index (χ0v) is 23.0. The zero-order valence-electron chi connectivity index (χ0n) is 20.6. The predicted molar refractivity (Wildman–Crippen MR) is 133 cm³/mol. The molecule has 0 atom stereocenters. The van der Waals surface area contributed by atoms with Crippen molar-refractivity contribution in [2.45, 2.75) is 48.5 Å². The van der Waals surface area contributed by atoms with Gasteiger partial charge in [0.2, 0.25) is 0 Å². The Balaban J connectivity index is 0.000000346. The Morgan fingerprint density at radius 3 is 2.06 bits per heavy atom. The number of aryl methyl sites for hydroxylation is 1. The fourth-order valence-electron chi connectivity index (χ4n) is 2.61. The molecule has 0 unspecified atom stereocenters. The number of ketones is 1. The normalized spacial score (nSPS) is 11.7. The third-order valence-corrected chi connectivity index (χ3v) is 4.87. The van der Waals surface area contributed by atoms with E-state index in [1.807, 2.05) is 72.9 Å². The van der Waals surface area contributed by atoms with Gasteiger partial charge in [-0.2, -0.15) is 0 Å². The number of hydrogen-bond donors (Lipinski definition) is 1. The number of benzene rings is 2. The van der Waals surface area contributed by atoms with Crippen molar-refractivity contribution in [3.05, 3.63) is 90.3 Å². The summed E-state index contributed by atoms with van der Waals surface area (Å²) in [5.74, 6) is 0.104. The van der Waals surface area contributed by atoms with Crippen LogP contribution in [0.4, 0.5) is 0 Å². The number of aromatic nitrogens is 1. The maximum Gasteiger partial charge on any atom is 0.164 e. The minimum Gasteiger partial charge on any atom is -0.512 e. The summed E-state index contributed by atoms with van der Waals surface area (Å²) in [5.41, 5.74) is 4.80. The van der Waals surface area contributed by atoms with E-state index >= 15 is 0 Å². The van der Waals surface area contributed by atoms with E-state index in [4.69, 9.17) is 0 Å². The van der Waals surface area contributed by atoms with E-state index in [2.05, 4.69) is 53.5 Å². The van der Waals surface area contributed by atoms with Crippen LogP contribution in [0.25, 0.3) is 22.4 Å². The summed E-state index contributed by atoms with van der Waals surface area (Å²) in [6.45, 7) is 13.2. The Kier molecular flexibility index (Phi) is 10.4. The number of carbonyl (C=O) groups is 1. The Hall–Kier alpha value is -2.55. The SMILES string of the molecule is CC(C)(C)C(=O)/C=C(\O)C(C)(C)C.Cc1ccc(-c2[c-]ccc(-c3ccccc3)c2)nc1.[Ir]. The summed E-state index contributed by atoms with van der Waals surface area (Å²) >= 11 is 0. The number of carbonyl (C=O) groups excluding carboxylic acids is 1. The summed E-state index contributed by atoms with van der Waals surface area (Å²) in [7, 11) is 0. The number of rotatable bonds is 3.